The zero-order chi connectivity index (χ0) is 5.91. The van der Waals surface area contributed by atoms with E-state index in [1.54, 1.807) is 0 Å². The van der Waals surface area contributed by atoms with E-state index in [1.165, 1.54) is 13.0 Å². The zero-order valence-electron chi connectivity index (χ0n) is 3.83. The minimum absolute atomic E-state index is 0.715. The van der Waals surface area contributed by atoms with Gasteiger partial charge in [-0.3, -0.25) is 4.55 Å². The molecule has 0 atom stereocenters. The van der Waals surface area contributed by atoms with Gasteiger partial charge in [0.2, 0.25) is 0 Å². The third kappa shape index (κ3) is 5.65. The number of hydrogen-bond acceptors (Lipinski definition) is 2. The molecule has 0 heterocycles. The largest absolute Gasteiger partial charge is 0.287 e. The standard InChI is InChI=1S/C3H6O3S/c1-2-3-7(4,5)6/h2-3H,1H3,(H,4,5,6)/b3-2+. The van der Waals surface area contributed by atoms with Gasteiger partial charge in [-0.2, -0.15) is 8.42 Å². The molecule has 42 valence electrons. The van der Waals surface area contributed by atoms with Crippen LogP contribution >= 0.6 is 0 Å². The van der Waals surface area contributed by atoms with Crippen molar-refractivity contribution in [2.45, 2.75) is 6.92 Å². The first kappa shape index (κ1) is 6.65. The smallest absolute Gasteiger partial charge is 0.282 e. The highest BCUT2D eigenvalue weighted by atomic mass is 32.2. The Labute approximate surface area is 42.4 Å². The molecule has 0 aliphatic heterocycles. The lowest BCUT2D eigenvalue weighted by Gasteiger charge is -1.76. The second-order valence-corrected chi connectivity index (χ2v) is 2.29. The van der Waals surface area contributed by atoms with Gasteiger partial charge >= 0.3 is 0 Å². The molecular formula is C3H6O3S. The quantitative estimate of drug-likeness (QED) is 0.512. The van der Waals surface area contributed by atoms with E-state index in [4.69, 9.17) is 4.55 Å². The van der Waals surface area contributed by atoms with Gasteiger partial charge in [0.05, 0.1) is 5.41 Å². The van der Waals surface area contributed by atoms with Gasteiger partial charge in [0.25, 0.3) is 10.1 Å². The van der Waals surface area contributed by atoms with Gasteiger partial charge < -0.3 is 0 Å². The molecule has 4 heteroatoms. The van der Waals surface area contributed by atoms with Crippen LogP contribution in [0.15, 0.2) is 11.5 Å². The van der Waals surface area contributed by atoms with Crippen molar-refractivity contribution in [3.05, 3.63) is 11.5 Å². The third-order valence-corrected chi connectivity index (χ3v) is 0.924. The van der Waals surface area contributed by atoms with Crippen LogP contribution in [-0.2, 0) is 10.1 Å². The molecule has 0 bridgehead atoms. The summed E-state index contributed by atoms with van der Waals surface area (Å²) >= 11 is 0. The first-order valence-electron chi connectivity index (χ1n) is 1.66. The molecule has 0 fully saturated rings. The van der Waals surface area contributed by atoms with Gasteiger partial charge in [0, 0.05) is 0 Å². The number of rotatable bonds is 1. The van der Waals surface area contributed by atoms with Crippen LogP contribution in [-0.4, -0.2) is 13.0 Å². The Kier molecular flexibility index (Phi) is 1.98. The molecule has 0 aliphatic carbocycles. The van der Waals surface area contributed by atoms with Crippen molar-refractivity contribution < 1.29 is 13.0 Å². The molecular weight excluding hydrogens is 116 g/mol. The fourth-order valence-corrected chi connectivity index (χ4v) is 0.516. The maximum Gasteiger partial charge on any atom is 0.287 e. The number of hydrogen-bond donors (Lipinski definition) is 1. The Morgan fingerprint density at radius 3 is 2.00 bits per heavy atom. The van der Waals surface area contributed by atoms with Crippen molar-refractivity contribution in [3.63, 3.8) is 0 Å². The zero-order valence-corrected chi connectivity index (χ0v) is 4.64. The minimum Gasteiger partial charge on any atom is -0.282 e. The van der Waals surface area contributed by atoms with Crippen LogP contribution in [0.5, 0.6) is 0 Å². The van der Waals surface area contributed by atoms with E-state index in [9.17, 15) is 8.42 Å². The van der Waals surface area contributed by atoms with Crippen LogP contribution in [0.3, 0.4) is 0 Å². The van der Waals surface area contributed by atoms with Crippen molar-refractivity contribution in [3.8, 4) is 0 Å². The summed E-state index contributed by atoms with van der Waals surface area (Å²) in [5.41, 5.74) is 0. The van der Waals surface area contributed by atoms with Crippen molar-refractivity contribution in [1.82, 2.24) is 0 Å². The van der Waals surface area contributed by atoms with E-state index in [0.29, 0.717) is 5.41 Å². The molecule has 7 heavy (non-hydrogen) atoms. The Hall–Kier alpha value is -0.350. The summed E-state index contributed by atoms with van der Waals surface area (Å²) in [7, 11) is -3.85. The van der Waals surface area contributed by atoms with Crippen LogP contribution < -0.4 is 0 Å². The lowest BCUT2D eigenvalue weighted by Crippen LogP contribution is -1.87. The van der Waals surface area contributed by atoms with Crippen LogP contribution in [0.2, 0.25) is 0 Å². The van der Waals surface area contributed by atoms with Crippen LogP contribution in [0, 0.1) is 0 Å². The van der Waals surface area contributed by atoms with Crippen LogP contribution in [0.4, 0.5) is 0 Å². The Morgan fingerprint density at radius 2 is 2.00 bits per heavy atom. The second-order valence-electron chi connectivity index (χ2n) is 0.984. The SMILES string of the molecule is C/C=C/S(=O)(=O)O. The van der Waals surface area contributed by atoms with Gasteiger partial charge in [-0.25, -0.2) is 0 Å². The van der Waals surface area contributed by atoms with Crippen molar-refractivity contribution >= 4 is 10.1 Å². The third-order valence-electron chi connectivity index (χ3n) is 0.308. The molecule has 0 aromatic carbocycles. The molecule has 0 saturated carbocycles. The molecule has 0 spiro atoms. The Balaban J connectivity index is 4.13. The maximum absolute atomic E-state index is 9.70. The van der Waals surface area contributed by atoms with Crippen molar-refractivity contribution in [1.29, 1.82) is 0 Å². The highest BCUT2D eigenvalue weighted by Gasteiger charge is 1.90. The molecule has 0 radical (unpaired) electrons. The summed E-state index contributed by atoms with van der Waals surface area (Å²) in [6, 6.07) is 0. The topological polar surface area (TPSA) is 54.4 Å². The van der Waals surface area contributed by atoms with Gasteiger partial charge in [-0.15, -0.1) is 0 Å². The van der Waals surface area contributed by atoms with E-state index in [-0.39, 0.29) is 0 Å². The van der Waals surface area contributed by atoms with Crippen LogP contribution in [0.1, 0.15) is 6.92 Å². The van der Waals surface area contributed by atoms with E-state index in [2.05, 4.69) is 0 Å². The minimum atomic E-state index is -3.85. The fourth-order valence-electron chi connectivity index (χ4n) is 0.172. The van der Waals surface area contributed by atoms with Gasteiger partial charge in [-0.05, 0) is 6.92 Å². The lowest BCUT2D eigenvalue weighted by atomic mass is 10.8. The second kappa shape index (κ2) is 2.09. The van der Waals surface area contributed by atoms with E-state index in [1.807, 2.05) is 0 Å². The summed E-state index contributed by atoms with van der Waals surface area (Å²) in [6.45, 7) is 1.51. The molecule has 0 unspecified atom stereocenters. The first-order chi connectivity index (χ1) is 3.06. The molecule has 0 amide bonds. The molecule has 0 aromatic rings. The highest BCUT2D eigenvalue weighted by Crippen LogP contribution is 1.80. The van der Waals surface area contributed by atoms with Gasteiger partial charge in [-0.1, -0.05) is 6.08 Å². The normalized spacial score (nSPS) is 12.9. The van der Waals surface area contributed by atoms with Gasteiger partial charge in [0.15, 0.2) is 0 Å². The average Bonchev–Trinajstić information content (AvgIpc) is 1.30. The Morgan fingerprint density at radius 1 is 1.57 bits per heavy atom. The van der Waals surface area contributed by atoms with E-state index < -0.39 is 10.1 Å². The molecule has 3 nitrogen and oxygen atoms in total. The predicted octanol–water partition coefficient (Wildman–Crippen LogP) is 0.408. The summed E-state index contributed by atoms with van der Waals surface area (Å²) in [6.07, 6.45) is 1.25. The lowest BCUT2D eigenvalue weighted by molar-refractivity contribution is 0.494. The molecule has 1 N–H and O–H groups in total. The monoisotopic (exact) mass is 122 g/mol. The number of allylic oxidation sites excluding steroid dienone is 1. The van der Waals surface area contributed by atoms with Crippen molar-refractivity contribution in [2.75, 3.05) is 0 Å². The molecule has 0 aromatic heterocycles. The highest BCUT2D eigenvalue weighted by molar-refractivity contribution is 7.88. The average molecular weight is 122 g/mol. The molecule has 0 saturated heterocycles. The van der Waals surface area contributed by atoms with E-state index >= 15 is 0 Å². The molecule has 0 aliphatic rings. The predicted molar refractivity (Wildman–Crippen MR) is 26.4 cm³/mol. The summed E-state index contributed by atoms with van der Waals surface area (Å²) < 4.78 is 27.3. The van der Waals surface area contributed by atoms with Gasteiger partial charge in [0.1, 0.15) is 0 Å². The van der Waals surface area contributed by atoms with Crippen molar-refractivity contribution in [2.24, 2.45) is 0 Å². The fraction of sp³-hybridized carbons (Fsp3) is 0.333. The molecule has 0 rings (SSSR count). The Bertz CT molecular complexity index is 153. The first-order valence-corrected chi connectivity index (χ1v) is 3.17. The summed E-state index contributed by atoms with van der Waals surface area (Å²) in [4.78, 5) is 0. The van der Waals surface area contributed by atoms with E-state index in [0.717, 1.165) is 0 Å². The van der Waals surface area contributed by atoms with Crippen LogP contribution in [0.25, 0.3) is 0 Å². The summed E-state index contributed by atoms with van der Waals surface area (Å²) in [5.74, 6) is 0. The maximum atomic E-state index is 9.70. The summed E-state index contributed by atoms with van der Waals surface area (Å²) in [5, 5.41) is 0.715.